The summed E-state index contributed by atoms with van der Waals surface area (Å²) in [5.41, 5.74) is 7.82. The van der Waals surface area contributed by atoms with Gasteiger partial charge in [-0.05, 0) is 75.7 Å². The third-order valence-corrected chi connectivity index (χ3v) is 12.8. The zero-order valence-electron chi connectivity index (χ0n) is 36.2. The van der Waals surface area contributed by atoms with Crippen LogP contribution in [-0.4, -0.2) is 41.9 Å². The molecular weight excluding hydrogens is 817 g/mol. The Morgan fingerprint density at radius 2 is 0.969 bits per heavy atom. The van der Waals surface area contributed by atoms with E-state index in [1.54, 1.807) is 0 Å². The van der Waals surface area contributed by atoms with Gasteiger partial charge in [0.05, 0.1) is 44.9 Å². The molecule has 0 radical (unpaired) electrons. The number of hydrogen-bond acceptors (Lipinski definition) is 8. The van der Waals surface area contributed by atoms with Crippen molar-refractivity contribution in [2.45, 2.75) is 74.9 Å². The highest BCUT2D eigenvalue weighted by atomic mass is 32.2. The molecule has 1 unspecified atom stereocenters. The molecule has 328 valence electrons. The molecule has 1 saturated heterocycles. The average molecular weight is 873 g/mol. The molecule has 0 aromatic heterocycles. The predicted octanol–water partition coefficient (Wildman–Crippen LogP) is 11.5. The van der Waals surface area contributed by atoms with Gasteiger partial charge in [-0.25, -0.2) is 0 Å². The Labute approximate surface area is 381 Å². The van der Waals surface area contributed by atoms with Gasteiger partial charge in [-0.15, -0.1) is 11.8 Å². The summed E-state index contributed by atoms with van der Waals surface area (Å²) in [4.78, 5) is -1.63. The minimum Gasteiger partial charge on any atom is -0.494 e. The summed E-state index contributed by atoms with van der Waals surface area (Å²) in [7, 11) is 0. The van der Waals surface area contributed by atoms with Gasteiger partial charge in [0, 0.05) is 6.42 Å². The normalized spacial score (nSPS) is 19.5. The Kier molecular flexibility index (Phi) is 16.0. The maximum atomic E-state index is 13.7. The van der Waals surface area contributed by atoms with Gasteiger partial charge in [0.2, 0.25) is 0 Å². The number of hydrogen-bond donors (Lipinski definition) is 1. The Balaban J connectivity index is 1.21. The summed E-state index contributed by atoms with van der Waals surface area (Å²) in [5, 5.41) is 13.3. The SMILES string of the molecule is CCOc1ccc(Cc2cc(C3(O)S[C@H](COCc4ccccc4)[C@@H](OCc4ccccc4)[C@H](OCc4ccccc4)[C@H]3OCc3ccccc3)ccc2OCc2ccccc2)cc1. The Morgan fingerprint density at radius 1 is 0.484 bits per heavy atom. The number of benzene rings is 7. The molecule has 8 heteroatoms. The van der Waals surface area contributed by atoms with Gasteiger partial charge in [-0.1, -0.05) is 170 Å². The van der Waals surface area contributed by atoms with Crippen molar-refractivity contribution in [3.63, 3.8) is 0 Å². The van der Waals surface area contributed by atoms with E-state index in [2.05, 4.69) is 54.6 Å². The van der Waals surface area contributed by atoms with Crippen LogP contribution >= 0.6 is 11.8 Å². The molecule has 64 heavy (non-hydrogen) atoms. The van der Waals surface area contributed by atoms with Crippen LogP contribution in [0.4, 0.5) is 0 Å². The van der Waals surface area contributed by atoms with Crippen LogP contribution in [0.1, 0.15) is 51.4 Å². The molecule has 0 amide bonds. The predicted molar refractivity (Wildman–Crippen MR) is 254 cm³/mol. The monoisotopic (exact) mass is 872 g/mol. The topological polar surface area (TPSA) is 75.6 Å². The first-order chi connectivity index (χ1) is 31.5. The Bertz CT molecular complexity index is 2420. The molecule has 5 atom stereocenters. The number of aliphatic hydroxyl groups is 1. The molecule has 7 nitrogen and oxygen atoms in total. The van der Waals surface area contributed by atoms with Gasteiger partial charge < -0.3 is 33.5 Å². The van der Waals surface area contributed by atoms with E-state index in [0.717, 1.165) is 50.4 Å². The van der Waals surface area contributed by atoms with Crippen LogP contribution in [0.2, 0.25) is 0 Å². The van der Waals surface area contributed by atoms with E-state index in [1.807, 2.05) is 146 Å². The number of thioether (sulfide) groups is 1. The Morgan fingerprint density at radius 3 is 1.50 bits per heavy atom. The van der Waals surface area contributed by atoms with Crippen molar-refractivity contribution >= 4 is 11.8 Å². The minimum atomic E-state index is -1.63. The summed E-state index contributed by atoms with van der Waals surface area (Å²) in [6.07, 6.45) is -1.60. The van der Waals surface area contributed by atoms with Gasteiger partial charge in [-0.2, -0.15) is 0 Å². The van der Waals surface area contributed by atoms with E-state index < -0.39 is 23.2 Å². The standard InChI is InChI=1S/C56H56O7S/c1-2-59-50-31-28-42(29-32-50)34-48-35-49(30-33-51(48)60-37-44-20-10-4-11-21-44)56(57)55(63-40-47-26-16-7-17-27-47)54(62-39-46-24-14-6-15-25-46)53(61-38-45-22-12-5-13-23-45)52(64-56)41-58-36-43-18-8-3-9-19-43/h3-33,35,52-55,57H,2,34,36-41H2,1H3/t52-,53-,54+,55-,56?/m1/s1. The average Bonchev–Trinajstić information content (AvgIpc) is 3.34. The van der Waals surface area contributed by atoms with Crippen LogP contribution < -0.4 is 9.47 Å². The summed E-state index contributed by atoms with van der Waals surface area (Å²) < 4.78 is 39.9. The molecular formula is C56H56O7S. The quantitative estimate of drug-likeness (QED) is 0.0765. The lowest BCUT2D eigenvalue weighted by atomic mass is 9.91. The highest BCUT2D eigenvalue weighted by Gasteiger charge is 2.56. The van der Waals surface area contributed by atoms with E-state index in [9.17, 15) is 5.11 Å². The van der Waals surface area contributed by atoms with E-state index in [4.69, 9.17) is 28.4 Å². The first-order valence-corrected chi connectivity index (χ1v) is 22.9. The van der Waals surface area contributed by atoms with Crippen molar-refractivity contribution in [3.8, 4) is 11.5 Å². The summed E-state index contributed by atoms with van der Waals surface area (Å²) in [6.45, 7) is 4.54. The van der Waals surface area contributed by atoms with Crippen LogP contribution in [0.25, 0.3) is 0 Å². The zero-order chi connectivity index (χ0) is 43.8. The molecule has 0 saturated carbocycles. The number of rotatable bonds is 21. The molecule has 1 aliphatic rings. The van der Waals surface area contributed by atoms with E-state index in [-0.39, 0.29) is 25.1 Å². The zero-order valence-corrected chi connectivity index (χ0v) is 37.1. The van der Waals surface area contributed by atoms with E-state index in [1.165, 1.54) is 11.8 Å². The van der Waals surface area contributed by atoms with Gasteiger partial charge >= 0.3 is 0 Å². The summed E-state index contributed by atoms with van der Waals surface area (Å²) in [5.74, 6) is 1.55. The van der Waals surface area contributed by atoms with Crippen molar-refractivity contribution in [1.82, 2.24) is 0 Å². The maximum absolute atomic E-state index is 13.7. The van der Waals surface area contributed by atoms with Crippen molar-refractivity contribution in [3.05, 3.63) is 239 Å². The highest BCUT2D eigenvalue weighted by molar-refractivity contribution is 8.00. The van der Waals surface area contributed by atoms with Crippen LogP contribution in [0.5, 0.6) is 11.5 Å². The molecule has 8 rings (SSSR count). The van der Waals surface area contributed by atoms with Crippen molar-refractivity contribution < 1.29 is 33.5 Å². The Hall–Kier alpha value is -5.71. The maximum Gasteiger partial charge on any atom is 0.165 e. The third kappa shape index (κ3) is 12.1. The van der Waals surface area contributed by atoms with Gasteiger partial charge in [-0.3, -0.25) is 0 Å². The summed E-state index contributed by atoms with van der Waals surface area (Å²) in [6, 6.07) is 64.8. The molecule has 0 spiro atoms. The van der Waals surface area contributed by atoms with Gasteiger partial charge in [0.1, 0.15) is 36.4 Å². The largest absolute Gasteiger partial charge is 0.494 e. The fourth-order valence-corrected chi connectivity index (χ4v) is 9.58. The fourth-order valence-electron chi connectivity index (χ4n) is 7.99. The number of ether oxygens (including phenoxy) is 6. The second kappa shape index (κ2) is 22.8. The van der Waals surface area contributed by atoms with Crippen LogP contribution in [0.3, 0.4) is 0 Å². The molecule has 0 bridgehead atoms. The lowest BCUT2D eigenvalue weighted by Gasteiger charge is -2.50. The second-order valence-electron chi connectivity index (χ2n) is 15.9. The molecule has 0 aliphatic carbocycles. The second-order valence-corrected chi connectivity index (χ2v) is 17.4. The molecule has 1 heterocycles. The van der Waals surface area contributed by atoms with Crippen molar-refractivity contribution in [2.75, 3.05) is 13.2 Å². The molecule has 1 N–H and O–H groups in total. The smallest absolute Gasteiger partial charge is 0.165 e. The molecule has 7 aromatic rings. The first-order valence-electron chi connectivity index (χ1n) is 22.0. The van der Waals surface area contributed by atoms with Crippen LogP contribution in [0, 0.1) is 0 Å². The minimum absolute atomic E-state index is 0.247. The third-order valence-electron chi connectivity index (χ3n) is 11.3. The van der Waals surface area contributed by atoms with E-state index >= 15 is 0 Å². The van der Waals surface area contributed by atoms with Crippen LogP contribution in [0.15, 0.2) is 194 Å². The molecule has 1 aliphatic heterocycles. The van der Waals surface area contributed by atoms with Crippen molar-refractivity contribution in [2.24, 2.45) is 0 Å². The van der Waals surface area contributed by atoms with E-state index in [0.29, 0.717) is 38.4 Å². The highest BCUT2D eigenvalue weighted by Crippen LogP contribution is 2.51. The van der Waals surface area contributed by atoms with Crippen LogP contribution in [-0.2, 0) is 63.3 Å². The lowest BCUT2D eigenvalue weighted by molar-refractivity contribution is -0.199. The first kappa shape index (κ1) is 44.9. The fraction of sp³-hybridized carbons (Fsp3) is 0.250. The summed E-state index contributed by atoms with van der Waals surface area (Å²) >= 11 is 1.42. The molecule has 7 aromatic carbocycles. The lowest BCUT2D eigenvalue weighted by Crippen LogP contribution is -2.61. The van der Waals surface area contributed by atoms with Gasteiger partial charge in [0.25, 0.3) is 0 Å². The molecule has 1 fully saturated rings. The van der Waals surface area contributed by atoms with Crippen molar-refractivity contribution in [1.29, 1.82) is 0 Å². The van der Waals surface area contributed by atoms with Gasteiger partial charge in [0.15, 0.2) is 4.93 Å².